The zero-order valence-corrected chi connectivity index (χ0v) is 18.8. The maximum atomic E-state index is 13.8. The smallest absolute Gasteiger partial charge is 0.265 e. The van der Waals surface area contributed by atoms with Crippen LogP contribution in [0.15, 0.2) is 36.4 Å². The maximum absolute atomic E-state index is 13.8. The lowest BCUT2D eigenvalue weighted by atomic mass is 10.1. The fourth-order valence-electron chi connectivity index (χ4n) is 3.92. The summed E-state index contributed by atoms with van der Waals surface area (Å²) in [6.07, 6.45) is 0. The van der Waals surface area contributed by atoms with Gasteiger partial charge in [-0.3, -0.25) is 19.3 Å². The van der Waals surface area contributed by atoms with Crippen molar-refractivity contribution in [3.8, 4) is 11.5 Å². The molecule has 0 radical (unpaired) electrons. The number of Topliss-reactive ketones (excluding diaryl/α,β-unsaturated/α-hetero) is 1. The number of ether oxygens (including phenoxy) is 2. The molecule has 1 saturated heterocycles. The number of hydrogen-bond acceptors (Lipinski definition) is 6. The van der Waals surface area contributed by atoms with Crippen LogP contribution >= 0.6 is 0 Å². The van der Waals surface area contributed by atoms with Crippen LogP contribution in [0.1, 0.15) is 17.3 Å². The number of hydrogen-bond donors (Lipinski definition) is 0. The van der Waals surface area contributed by atoms with E-state index in [9.17, 15) is 23.2 Å². The molecule has 180 valence electrons. The molecule has 2 aliphatic heterocycles. The molecule has 0 aliphatic carbocycles. The molecular formula is C24H25F2N3O5. The third kappa shape index (κ3) is 5.17. The number of ketones is 1. The van der Waals surface area contributed by atoms with Crippen molar-refractivity contribution in [2.75, 3.05) is 57.4 Å². The van der Waals surface area contributed by atoms with E-state index in [1.165, 1.54) is 17.0 Å². The van der Waals surface area contributed by atoms with Gasteiger partial charge in [-0.15, -0.1) is 0 Å². The predicted molar refractivity (Wildman–Crippen MR) is 119 cm³/mol. The number of carbonyl (C=O) groups excluding carboxylic acids is 3. The number of benzene rings is 2. The van der Waals surface area contributed by atoms with E-state index < -0.39 is 24.0 Å². The summed E-state index contributed by atoms with van der Waals surface area (Å²) in [5.74, 6) is -2.58. The number of likely N-dealkylation sites (N-methyl/N-ethyl adjacent to an activating group) is 1. The van der Waals surface area contributed by atoms with Crippen molar-refractivity contribution in [1.29, 1.82) is 0 Å². The van der Waals surface area contributed by atoms with E-state index in [4.69, 9.17) is 9.47 Å². The van der Waals surface area contributed by atoms with Crippen LogP contribution in [0.3, 0.4) is 0 Å². The third-order valence-electron chi connectivity index (χ3n) is 5.94. The maximum Gasteiger partial charge on any atom is 0.265 e. The number of nitrogens with zero attached hydrogens (tertiary/aromatic N) is 3. The summed E-state index contributed by atoms with van der Waals surface area (Å²) in [6, 6.07) is 7.31. The van der Waals surface area contributed by atoms with Gasteiger partial charge in [0.15, 0.2) is 30.6 Å². The van der Waals surface area contributed by atoms with Gasteiger partial charge in [0.05, 0.1) is 5.69 Å². The van der Waals surface area contributed by atoms with Crippen molar-refractivity contribution in [2.45, 2.75) is 6.92 Å². The molecule has 2 aliphatic rings. The Balaban J connectivity index is 1.46. The first-order valence-corrected chi connectivity index (χ1v) is 11.0. The van der Waals surface area contributed by atoms with Gasteiger partial charge in [0.1, 0.15) is 18.1 Å². The highest BCUT2D eigenvalue weighted by Crippen LogP contribution is 2.33. The van der Waals surface area contributed by atoms with Crippen LogP contribution in [0.5, 0.6) is 11.5 Å². The fourth-order valence-corrected chi connectivity index (χ4v) is 3.92. The minimum absolute atomic E-state index is 0.156. The molecular weight excluding hydrogens is 448 g/mol. The van der Waals surface area contributed by atoms with Crippen LogP contribution in [0, 0.1) is 11.6 Å². The largest absolute Gasteiger partial charge is 0.482 e. The van der Waals surface area contributed by atoms with E-state index in [2.05, 4.69) is 11.8 Å². The zero-order valence-electron chi connectivity index (χ0n) is 18.8. The molecule has 0 N–H and O–H groups in total. The number of halogens is 2. The van der Waals surface area contributed by atoms with E-state index in [1.807, 2.05) is 0 Å². The quantitative estimate of drug-likeness (QED) is 0.574. The molecule has 2 aromatic carbocycles. The zero-order chi connectivity index (χ0) is 24.2. The summed E-state index contributed by atoms with van der Waals surface area (Å²) in [5, 5.41) is 0. The van der Waals surface area contributed by atoms with Crippen molar-refractivity contribution in [1.82, 2.24) is 9.80 Å². The van der Waals surface area contributed by atoms with Crippen LogP contribution in [-0.2, 0) is 9.59 Å². The average Bonchev–Trinajstić information content (AvgIpc) is 2.84. The number of fused-ring (bicyclic) bond motifs is 1. The number of anilines is 1. The average molecular weight is 473 g/mol. The molecule has 0 unspecified atom stereocenters. The van der Waals surface area contributed by atoms with Crippen LogP contribution in [0.25, 0.3) is 0 Å². The topological polar surface area (TPSA) is 79.4 Å². The summed E-state index contributed by atoms with van der Waals surface area (Å²) in [5.41, 5.74) is 0.518. The second-order valence-electron chi connectivity index (χ2n) is 8.05. The lowest BCUT2D eigenvalue weighted by molar-refractivity contribution is -0.133. The summed E-state index contributed by atoms with van der Waals surface area (Å²) < 4.78 is 37.5. The van der Waals surface area contributed by atoms with Gasteiger partial charge >= 0.3 is 0 Å². The summed E-state index contributed by atoms with van der Waals surface area (Å²) in [7, 11) is 0. The molecule has 4 rings (SSSR count). The Morgan fingerprint density at radius 1 is 1.06 bits per heavy atom. The van der Waals surface area contributed by atoms with Gasteiger partial charge < -0.3 is 19.3 Å². The minimum atomic E-state index is -0.915. The van der Waals surface area contributed by atoms with E-state index in [0.29, 0.717) is 30.6 Å². The van der Waals surface area contributed by atoms with E-state index in [1.54, 1.807) is 11.0 Å². The van der Waals surface area contributed by atoms with Crippen LogP contribution < -0.4 is 14.4 Å². The third-order valence-corrected chi connectivity index (χ3v) is 5.94. The number of piperazine rings is 1. The summed E-state index contributed by atoms with van der Waals surface area (Å²) >= 11 is 0. The van der Waals surface area contributed by atoms with Gasteiger partial charge in [0.25, 0.3) is 5.91 Å². The molecule has 0 saturated carbocycles. The van der Waals surface area contributed by atoms with Gasteiger partial charge in [-0.1, -0.05) is 6.92 Å². The van der Waals surface area contributed by atoms with E-state index in [-0.39, 0.29) is 36.3 Å². The first-order chi connectivity index (χ1) is 16.4. The molecule has 34 heavy (non-hydrogen) atoms. The normalized spacial score (nSPS) is 16.1. The number of amides is 2. The highest BCUT2D eigenvalue weighted by Gasteiger charge is 2.30. The fraction of sp³-hybridized carbons (Fsp3) is 0.375. The summed E-state index contributed by atoms with van der Waals surface area (Å²) in [6.45, 7) is 4.89. The Labute approximate surface area is 195 Å². The van der Waals surface area contributed by atoms with Gasteiger partial charge in [0, 0.05) is 37.8 Å². The van der Waals surface area contributed by atoms with Crippen molar-refractivity contribution in [2.24, 2.45) is 0 Å². The monoisotopic (exact) mass is 473 g/mol. The number of rotatable bonds is 7. The SMILES string of the molecule is CCN1CCN(C(=O)CN2C(=O)COc3ccc(C(=O)COc4ccc(F)cc4F)cc32)CC1. The van der Waals surface area contributed by atoms with Gasteiger partial charge in [-0.05, 0) is 36.9 Å². The van der Waals surface area contributed by atoms with Crippen LogP contribution in [-0.4, -0.2) is 79.9 Å². The molecule has 10 heteroatoms. The van der Waals surface area contributed by atoms with Crippen LogP contribution in [0.4, 0.5) is 14.5 Å². The molecule has 2 heterocycles. The lowest BCUT2D eigenvalue weighted by Crippen LogP contribution is -2.52. The summed E-state index contributed by atoms with van der Waals surface area (Å²) in [4.78, 5) is 43.4. The van der Waals surface area contributed by atoms with Crippen molar-refractivity contribution >= 4 is 23.3 Å². The lowest BCUT2D eigenvalue weighted by Gasteiger charge is -2.36. The predicted octanol–water partition coefficient (Wildman–Crippen LogP) is 2.12. The number of carbonyl (C=O) groups is 3. The Bertz CT molecular complexity index is 1100. The first kappa shape index (κ1) is 23.6. The Morgan fingerprint density at radius 2 is 1.82 bits per heavy atom. The highest BCUT2D eigenvalue weighted by molar-refractivity contribution is 6.04. The highest BCUT2D eigenvalue weighted by atomic mass is 19.1. The van der Waals surface area contributed by atoms with Crippen molar-refractivity contribution in [3.05, 3.63) is 53.6 Å². The molecule has 0 spiro atoms. The second kappa shape index (κ2) is 10.2. The van der Waals surface area contributed by atoms with Gasteiger partial charge in [-0.25, -0.2) is 8.78 Å². The molecule has 2 amide bonds. The Morgan fingerprint density at radius 3 is 2.53 bits per heavy atom. The van der Waals surface area contributed by atoms with E-state index >= 15 is 0 Å². The van der Waals surface area contributed by atoms with Gasteiger partial charge in [0.2, 0.25) is 5.91 Å². The van der Waals surface area contributed by atoms with E-state index in [0.717, 1.165) is 31.8 Å². The molecule has 1 fully saturated rings. The molecule has 8 nitrogen and oxygen atoms in total. The Hall–Kier alpha value is -3.53. The minimum Gasteiger partial charge on any atom is -0.482 e. The second-order valence-corrected chi connectivity index (χ2v) is 8.05. The molecule has 0 atom stereocenters. The molecule has 0 aromatic heterocycles. The standard InChI is InChI=1S/C24H25F2N3O5/c1-2-27-7-9-28(10-8-27)23(31)13-29-19-11-16(3-5-22(19)34-15-24(29)32)20(30)14-33-21-6-4-17(25)12-18(21)26/h3-6,11-12H,2,7-10,13-15H2,1H3. The first-order valence-electron chi connectivity index (χ1n) is 11.0. The molecule has 2 aromatic rings. The molecule has 0 bridgehead atoms. The van der Waals surface area contributed by atoms with Crippen molar-refractivity contribution < 1.29 is 32.6 Å². The Kier molecular flexibility index (Phi) is 7.06. The van der Waals surface area contributed by atoms with Crippen LogP contribution in [0.2, 0.25) is 0 Å². The van der Waals surface area contributed by atoms with Gasteiger partial charge in [-0.2, -0.15) is 0 Å². The van der Waals surface area contributed by atoms with Crippen molar-refractivity contribution in [3.63, 3.8) is 0 Å².